The second-order valence-corrected chi connectivity index (χ2v) is 8.97. The number of hydrogen-bond acceptors (Lipinski definition) is 3. The number of likely N-dealkylation sites (N-methyl/N-ethyl adjacent to an activating group) is 1. The van der Waals surface area contributed by atoms with Crippen LogP contribution in [0.4, 0.5) is 5.69 Å². The van der Waals surface area contributed by atoms with Gasteiger partial charge in [-0.05, 0) is 84.3 Å². The highest BCUT2D eigenvalue weighted by Crippen LogP contribution is 2.22. The van der Waals surface area contributed by atoms with E-state index in [0.29, 0.717) is 17.7 Å². The average Bonchev–Trinajstić information content (AvgIpc) is 3.42. The van der Waals surface area contributed by atoms with Gasteiger partial charge in [-0.25, -0.2) is 0 Å². The lowest BCUT2D eigenvalue weighted by Crippen LogP contribution is -2.26. The quantitative estimate of drug-likeness (QED) is 0.382. The molecule has 0 bridgehead atoms. The van der Waals surface area contributed by atoms with Crippen LogP contribution in [0, 0.1) is 0 Å². The van der Waals surface area contributed by atoms with Gasteiger partial charge >= 0.3 is 0 Å². The molecule has 35 heavy (non-hydrogen) atoms. The molecule has 1 aliphatic heterocycles. The Hall–Kier alpha value is -4.16. The van der Waals surface area contributed by atoms with E-state index >= 15 is 0 Å². The lowest BCUT2D eigenvalue weighted by Gasteiger charge is -2.25. The van der Waals surface area contributed by atoms with Crippen LogP contribution < -0.4 is 10.6 Å². The maximum Gasteiger partial charge on any atom is 0.255 e. The minimum Gasteiger partial charge on any atom is -0.361 e. The number of rotatable bonds is 6. The van der Waals surface area contributed by atoms with Gasteiger partial charge in [0.25, 0.3) is 11.8 Å². The molecule has 2 heterocycles. The predicted molar refractivity (Wildman–Crippen MR) is 138 cm³/mol. The summed E-state index contributed by atoms with van der Waals surface area (Å²) in [5.74, 6) is -0.320. The summed E-state index contributed by atoms with van der Waals surface area (Å²) < 4.78 is 0. The highest BCUT2D eigenvalue weighted by molar-refractivity contribution is 6.04. The zero-order chi connectivity index (χ0) is 24.2. The van der Waals surface area contributed by atoms with Gasteiger partial charge in [0.15, 0.2) is 0 Å². The number of aromatic nitrogens is 1. The van der Waals surface area contributed by atoms with Gasteiger partial charge in [-0.2, -0.15) is 0 Å². The molecular formula is C29H28N4O2. The first-order valence-corrected chi connectivity index (χ1v) is 11.8. The van der Waals surface area contributed by atoms with E-state index in [1.165, 1.54) is 11.1 Å². The van der Waals surface area contributed by atoms with Crippen LogP contribution in [0.5, 0.6) is 0 Å². The van der Waals surface area contributed by atoms with Gasteiger partial charge in [0.1, 0.15) is 0 Å². The van der Waals surface area contributed by atoms with Gasteiger partial charge in [0.2, 0.25) is 0 Å². The standard InChI is InChI=1S/C29H28N4O2/c1-33-15-13-21-11-12-26(17-25(21)19-33)32-29(35)24-5-2-4-20(16-24)18-31-28(34)23-9-7-22(8-10-23)27-6-3-14-30-27/h2-12,14,16-17,30H,13,15,18-19H2,1H3,(H,31,34)(H,32,35). The molecule has 0 spiro atoms. The molecule has 1 aromatic heterocycles. The molecule has 5 rings (SSSR count). The number of carbonyl (C=O) groups excluding carboxylic acids is 2. The number of H-pyrrole nitrogens is 1. The molecule has 176 valence electrons. The number of fused-ring (bicyclic) bond motifs is 1. The molecule has 0 atom stereocenters. The van der Waals surface area contributed by atoms with Crippen LogP contribution in [-0.4, -0.2) is 35.3 Å². The number of aromatic amines is 1. The van der Waals surface area contributed by atoms with Crippen molar-refractivity contribution in [2.75, 3.05) is 18.9 Å². The Balaban J connectivity index is 1.20. The second-order valence-electron chi connectivity index (χ2n) is 8.97. The topological polar surface area (TPSA) is 77.2 Å². The minimum atomic E-state index is -0.165. The van der Waals surface area contributed by atoms with Crippen molar-refractivity contribution in [3.8, 4) is 11.3 Å². The largest absolute Gasteiger partial charge is 0.361 e. The third-order valence-corrected chi connectivity index (χ3v) is 6.37. The molecule has 0 unspecified atom stereocenters. The number of carbonyl (C=O) groups is 2. The van der Waals surface area contributed by atoms with Crippen molar-refractivity contribution in [3.05, 3.63) is 113 Å². The van der Waals surface area contributed by atoms with Gasteiger partial charge in [-0.1, -0.05) is 30.3 Å². The van der Waals surface area contributed by atoms with Crippen LogP contribution in [-0.2, 0) is 19.5 Å². The van der Waals surface area contributed by atoms with E-state index in [4.69, 9.17) is 0 Å². The number of amides is 2. The summed E-state index contributed by atoms with van der Waals surface area (Å²) in [7, 11) is 2.11. The van der Waals surface area contributed by atoms with Crippen LogP contribution >= 0.6 is 0 Å². The van der Waals surface area contributed by atoms with Crippen LogP contribution in [0.2, 0.25) is 0 Å². The molecule has 4 aromatic rings. The molecule has 0 aliphatic carbocycles. The third-order valence-electron chi connectivity index (χ3n) is 6.37. The van der Waals surface area contributed by atoms with Crippen molar-refractivity contribution in [1.29, 1.82) is 0 Å². The van der Waals surface area contributed by atoms with Gasteiger partial charge in [0.05, 0.1) is 0 Å². The predicted octanol–water partition coefficient (Wildman–Crippen LogP) is 4.85. The highest BCUT2D eigenvalue weighted by atomic mass is 16.2. The Kier molecular flexibility index (Phi) is 6.46. The molecule has 6 heteroatoms. The van der Waals surface area contributed by atoms with E-state index < -0.39 is 0 Å². The highest BCUT2D eigenvalue weighted by Gasteiger charge is 2.15. The Labute approximate surface area is 205 Å². The summed E-state index contributed by atoms with van der Waals surface area (Å²) in [5.41, 5.74) is 7.44. The van der Waals surface area contributed by atoms with Crippen molar-refractivity contribution in [1.82, 2.24) is 15.2 Å². The molecule has 2 amide bonds. The summed E-state index contributed by atoms with van der Waals surface area (Å²) in [4.78, 5) is 30.9. The number of anilines is 1. The third kappa shape index (κ3) is 5.34. The maximum absolute atomic E-state index is 12.9. The SMILES string of the molecule is CN1CCc2ccc(NC(=O)c3cccc(CNC(=O)c4ccc(-c5ccc[nH]5)cc4)c3)cc2C1. The number of nitrogens with zero attached hydrogens (tertiary/aromatic N) is 1. The molecule has 6 nitrogen and oxygen atoms in total. The van der Waals surface area contributed by atoms with Gasteiger partial charge in [-0.15, -0.1) is 0 Å². The van der Waals surface area contributed by atoms with Crippen molar-refractivity contribution in [3.63, 3.8) is 0 Å². The zero-order valence-corrected chi connectivity index (χ0v) is 19.7. The molecule has 3 N–H and O–H groups in total. The average molecular weight is 465 g/mol. The van der Waals surface area contributed by atoms with E-state index in [0.717, 1.165) is 42.0 Å². The molecular weight excluding hydrogens is 436 g/mol. The van der Waals surface area contributed by atoms with Crippen molar-refractivity contribution < 1.29 is 9.59 Å². The van der Waals surface area contributed by atoms with Gasteiger partial charge in [-0.3, -0.25) is 9.59 Å². The lowest BCUT2D eigenvalue weighted by atomic mass is 9.99. The fraction of sp³-hybridized carbons (Fsp3) is 0.172. The van der Waals surface area contributed by atoms with E-state index in [1.54, 1.807) is 6.07 Å². The van der Waals surface area contributed by atoms with Gasteiger partial charge < -0.3 is 20.5 Å². The fourth-order valence-electron chi connectivity index (χ4n) is 4.40. The smallest absolute Gasteiger partial charge is 0.255 e. The second kappa shape index (κ2) is 9.99. The van der Waals surface area contributed by atoms with Crippen molar-refractivity contribution in [2.24, 2.45) is 0 Å². The molecule has 0 saturated carbocycles. The maximum atomic E-state index is 12.9. The van der Waals surface area contributed by atoms with E-state index in [-0.39, 0.29) is 11.8 Å². The van der Waals surface area contributed by atoms with Crippen LogP contribution in [0.1, 0.15) is 37.4 Å². The molecule has 1 aliphatic rings. The molecule has 0 saturated heterocycles. The van der Waals surface area contributed by atoms with Crippen molar-refractivity contribution in [2.45, 2.75) is 19.5 Å². The Bertz CT molecular complexity index is 1340. The summed E-state index contributed by atoms with van der Waals surface area (Å²) in [5, 5.41) is 5.95. The fourth-order valence-corrected chi connectivity index (χ4v) is 4.40. The zero-order valence-electron chi connectivity index (χ0n) is 19.7. The normalized spacial score (nSPS) is 13.2. The van der Waals surface area contributed by atoms with E-state index in [1.807, 2.05) is 66.9 Å². The van der Waals surface area contributed by atoms with Crippen LogP contribution in [0.25, 0.3) is 11.3 Å². The van der Waals surface area contributed by atoms with Crippen LogP contribution in [0.3, 0.4) is 0 Å². The lowest BCUT2D eigenvalue weighted by molar-refractivity contribution is 0.0950. The first-order chi connectivity index (χ1) is 17.0. The monoisotopic (exact) mass is 464 g/mol. The summed E-state index contributed by atoms with van der Waals surface area (Å²) in [6.45, 7) is 2.28. The summed E-state index contributed by atoms with van der Waals surface area (Å²) in [6.07, 6.45) is 2.90. The van der Waals surface area contributed by atoms with Gasteiger partial charge in [0, 0.05) is 48.3 Å². The Morgan fingerprint density at radius 1 is 0.886 bits per heavy atom. The minimum absolute atomic E-state index is 0.156. The number of benzene rings is 3. The van der Waals surface area contributed by atoms with E-state index in [2.05, 4.69) is 39.7 Å². The molecule has 3 aromatic carbocycles. The summed E-state index contributed by atoms with van der Waals surface area (Å²) in [6, 6.07) is 24.9. The number of hydrogen-bond donors (Lipinski definition) is 3. The number of nitrogens with one attached hydrogen (secondary N) is 3. The van der Waals surface area contributed by atoms with Crippen molar-refractivity contribution >= 4 is 17.5 Å². The Morgan fingerprint density at radius 2 is 1.74 bits per heavy atom. The van der Waals surface area contributed by atoms with Crippen LogP contribution in [0.15, 0.2) is 85.1 Å². The first kappa shape index (κ1) is 22.6. The first-order valence-electron chi connectivity index (χ1n) is 11.8. The molecule has 0 radical (unpaired) electrons. The molecule has 0 fully saturated rings. The van der Waals surface area contributed by atoms with E-state index in [9.17, 15) is 9.59 Å². The summed E-state index contributed by atoms with van der Waals surface area (Å²) >= 11 is 0. The Morgan fingerprint density at radius 3 is 2.54 bits per heavy atom.